The molecule has 0 radical (unpaired) electrons. The number of amides is 1. The van der Waals surface area contributed by atoms with E-state index in [4.69, 9.17) is 9.05 Å². The number of nitrogens with zero attached hydrogens (tertiary/aromatic N) is 1. The molecule has 67 heavy (non-hydrogen) atoms. The van der Waals surface area contributed by atoms with Gasteiger partial charge in [0, 0.05) is 6.42 Å². The Morgan fingerprint density at radius 1 is 0.507 bits per heavy atom. The number of allylic oxidation sites excluding steroid dienone is 1. The predicted octanol–water partition coefficient (Wildman–Crippen LogP) is 17.2. The van der Waals surface area contributed by atoms with Crippen LogP contribution in [-0.2, 0) is 18.4 Å². The first kappa shape index (κ1) is 66.2. The van der Waals surface area contributed by atoms with Crippen LogP contribution in [0.5, 0.6) is 0 Å². The maximum Gasteiger partial charge on any atom is 0.268 e. The number of hydrogen-bond acceptors (Lipinski definition) is 6. The summed E-state index contributed by atoms with van der Waals surface area (Å²) < 4.78 is 23.3. The van der Waals surface area contributed by atoms with Crippen molar-refractivity contribution in [2.24, 2.45) is 0 Å². The zero-order valence-corrected chi connectivity index (χ0v) is 46.5. The summed E-state index contributed by atoms with van der Waals surface area (Å²) >= 11 is 0. The molecule has 0 aliphatic rings. The Morgan fingerprint density at radius 2 is 0.806 bits per heavy atom. The molecule has 0 heterocycles. The number of unbranched alkanes of at least 4 members (excludes halogenated alkanes) is 42. The number of phosphoric ester groups is 1. The zero-order chi connectivity index (χ0) is 49.2. The highest BCUT2D eigenvalue weighted by Gasteiger charge is 2.23. The Labute approximate surface area is 418 Å². The largest absolute Gasteiger partial charge is 0.756 e. The number of likely N-dealkylation sites (N-methyl/N-ethyl adjacent to an activating group) is 1. The fourth-order valence-corrected chi connectivity index (χ4v) is 9.82. The van der Waals surface area contributed by atoms with Gasteiger partial charge in [0.15, 0.2) is 0 Å². The summed E-state index contributed by atoms with van der Waals surface area (Å²) in [6.07, 6.45) is 61.6. The second-order valence-electron chi connectivity index (χ2n) is 21.7. The smallest absolute Gasteiger partial charge is 0.268 e. The molecule has 3 atom stereocenters. The van der Waals surface area contributed by atoms with Gasteiger partial charge in [-0.05, 0) is 19.3 Å². The van der Waals surface area contributed by atoms with Gasteiger partial charge in [0.05, 0.1) is 39.9 Å². The minimum Gasteiger partial charge on any atom is -0.756 e. The molecule has 1 amide bonds. The van der Waals surface area contributed by atoms with Crippen molar-refractivity contribution in [2.75, 3.05) is 40.9 Å². The summed E-state index contributed by atoms with van der Waals surface area (Å²) in [7, 11) is 1.28. The maximum absolute atomic E-state index is 13.0. The van der Waals surface area contributed by atoms with Gasteiger partial charge in [0.25, 0.3) is 7.82 Å². The zero-order valence-electron chi connectivity index (χ0n) is 45.6. The Bertz CT molecular complexity index is 1100. The highest BCUT2D eigenvalue weighted by molar-refractivity contribution is 7.45. The van der Waals surface area contributed by atoms with Crippen LogP contribution in [0.15, 0.2) is 12.2 Å². The van der Waals surface area contributed by atoms with Gasteiger partial charge in [-0.25, -0.2) is 0 Å². The third-order valence-electron chi connectivity index (χ3n) is 13.7. The van der Waals surface area contributed by atoms with Crippen molar-refractivity contribution >= 4 is 13.7 Å². The first-order chi connectivity index (χ1) is 32.5. The third-order valence-corrected chi connectivity index (χ3v) is 14.7. The normalized spacial score (nSPS) is 14.0. The number of hydrogen-bond donors (Lipinski definition) is 2. The van der Waals surface area contributed by atoms with Crippen molar-refractivity contribution in [1.82, 2.24) is 5.32 Å². The second kappa shape index (κ2) is 50.2. The van der Waals surface area contributed by atoms with E-state index >= 15 is 0 Å². The standard InChI is InChI=1S/C58H117N2O6P/c1-6-8-10-12-14-16-18-20-22-23-24-25-26-27-28-29-30-31-32-33-34-35-36-38-40-42-44-46-48-50-52-58(62)59-56(55-66-67(63,64)65-54-53-60(3,4)5)57(61)51-49-47-45-43-41-39-37-21-19-17-15-13-11-9-7-2/h49,51,56-57,61H,6-48,50,52-55H2,1-5H3,(H-,59,62,63,64)/b51-49+. The molecule has 0 fully saturated rings. The Hall–Kier alpha value is -0.760. The van der Waals surface area contributed by atoms with E-state index in [9.17, 15) is 19.4 Å². The molecule has 0 rings (SSSR count). The van der Waals surface area contributed by atoms with Crippen molar-refractivity contribution in [3.63, 3.8) is 0 Å². The van der Waals surface area contributed by atoms with Crippen LogP contribution in [0.3, 0.4) is 0 Å². The molecule has 0 aliphatic carbocycles. The van der Waals surface area contributed by atoms with Crippen molar-refractivity contribution in [2.45, 2.75) is 315 Å². The summed E-state index contributed by atoms with van der Waals surface area (Å²) in [5.74, 6) is -0.190. The molecule has 9 heteroatoms. The monoisotopic (exact) mass is 969 g/mol. The number of quaternary nitrogens is 1. The number of aliphatic hydroxyl groups is 1. The summed E-state index contributed by atoms with van der Waals surface area (Å²) in [5.41, 5.74) is 0. The Morgan fingerprint density at radius 3 is 1.12 bits per heavy atom. The van der Waals surface area contributed by atoms with Gasteiger partial charge in [0.2, 0.25) is 5.91 Å². The number of aliphatic hydroxyl groups excluding tert-OH is 1. The second-order valence-corrected chi connectivity index (χ2v) is 23.1. The molecular formula is C58H117N2O6P. The van der Waals surface area contributed by atoms with Crippen LogP contribution in [0.25, 0.3) is 0 Å². The quantitative estimate of drug-likeness (QED) is 0.0272. The molecule has 0 saturated heterocycles. The minimum absolute atomic E-state index is 0.00255. The summed E-state index contributed by atoms with van der Waals surface area (Å²) in [5, 5.41) is 13.9. The van der Waals surface area contributed by atoms with E-state index in [-0.39, 0.29) is 19.1 Å². The molecule has 0 spiro atoms. The first-order valence-electron chi connectivity index (χ1n) is 29.6. The topological polar surface area (TPSA) is 108 Å². The molecule has 8 nitrogen and oxygen atoms in total. The Balaban J connectivity index is 4.03. The van der Waals surface area contributed by atoms with E-state index in [1.807, 2.05) is 27.2 Å². The lowest BCUT2D eigenvalue weighted by molar-refractivity contribution is -0.870. The molecule has 0 aromatic carbocycles. The van der Waals surface area contributed by atoms with Crippen LogP contribution in [0.2, 0.25) is 0 Å². The summed E-state index contributed by atoms with van der Waals surface area (Å²) in [4.78, 5) is 25.5. The van der Waals surface area contributed by atoms with Crippen molar-refractivity contribution in [3.05, 3.63) is 12.2 Å². The fraction of sp³-hybridized carbons (Fsp3) is 0.948. The maximum atomic E-state index is 13.0. The van der Waals surface area contributed by atoms with Gasteiger partial charge in [-0.3, -0.25) is 9.36 Å². The van der Waals surface area contributed by atoms with Crippen molar-refractivity contribution < 1.29 is 32.9 Å². The molecule has 0 saturated carbocycles. The van der Waals surface area contributed by atoms with E-state index < -0.39 is 20.0 Å². The van der Waals surface area contributed by atoms with Gasteiger partial charge in [-0.15, -0.1) is 0 Å². The lowest BCUT2D eigenvalue weighted by Gasteiger charge is -2.29. The SMILES string of the molecule is CCCCCCCCCCCCCCC/C=C/C(O)C(COP(=O)([O-])OCC[N+](C)(C)C)NC(=O)CCCCCCCCCCCCCCCCCCCCCCCCCCCCCCCC. The van der Waals surface area contributed by atoms with E-state index in [2.05, 4.69) is 19.2 Å². The summed E-state index contributed by atoms with van der Waals surface area (Å²) in [6.45, 7) is 4.69. The van der Waals surface area contributed by atoms with Crippen LogP contribution >= 0.6 is 7.82 Å². The lowest BCUT2D eigenvalue weighted by Crippen LogP contribution is -2.45. The summed E-state index contributed by atoms with van der Waals surface area (Å²) in [6, 6.07) is -0.881. The molecule has 2 N–H and O–H groups in total. The third kappa shape index (κ3) is 52.9. The number of phosphoric acid groups is 1. The molecule has 0 bridgehead atoms. The highest BCUT2D eigenvalue weighted by atomic mass is 31.2. The van der Waals surface area contributed by atoms with Crippen molar-refractivity contribution in [3.8, 4) is 0 Å². The number of carbonyl (C=O) groups excluding carboxylic acids is 1. The van der Waals surface area contributed by atoms with Crippen molar-refractivity contribution in [1.29, 1.82) is 0 Å². The lowest BCUT2D eigenvalue weighted by atomic mass is 10.0. The van der Waals surface area contributed by atoms with E-state index in [0.29, 0.717) is 17.4 Å². The van der Waals surface area contributed by atoms with Crippen LogP contribution in [0, 0.1) is 0 Å². The van der Waals surface area contributed by atoms with Crippen LogP contribution in [-0.4, -0.2) is 68.5 Å². The number of carbonyl (C=O) groups is 1. The van der Waals surface area contributed by atoms with E-state index in [1.165, 1.54) is 244 Å². The van der Waals surface area contributed by atoms with E-state index in [0.717, 1.165) is 38.5 Å². The average molecular weight is 970 g/mol. The molecule has 400 valence electrons. The first-order valence-corrected chi connectivity index (χ1v) is 31.0. The van der Waals surface area contributed by atoms with Gasteiger partial charge < -0.3 is 28.8 Å². The minimum atomic E-state index is -4.59. The Kier molecular flexibility index (Phi) is 49.6. The predicted molar refractivity (Wildman–Crippen MR) is 289 cm³/mol. The highest BCUT2D eigenvalue weighted by Crippen LogP contribution is 2.38. The van der Waals surface area contributed by atoms with Crippen LogP contribution in [0.4, 0.5) is 0 Å². The average Bonchev–Trinajstić information content (AvgIpc) is 3.29. The molecule has 0 aromatic rings. The van der Waals surface area contributed by atoms with Gasteiger partial charge in [-0.1, -0.05) is 289 Å². The van der Waals surface area contributed by atoms with Gasteiger partial charge >= 0.3 is 0 Å². The van der Waals surface area contributed by atoms with Gasteiger partial charge in [0.1, 0.15) is 13.2 Å². The number of nitrogens with one attached hydrogen (secondary N) is 1. The molecule has 0 aromatic heterocycles. The van der Waals surface area contributed by atoms with E-state index in [1.54, 1.807) is 6.08 Å². The van der Waals surface area contributed by atoms with Crippen LogP contribution in [0.1, 0.15) is 303 Å². The molecule has 3 unspecified atom stereocenters. The fourth-order valence-electron chi connectivity index (χ4n) is 9.10. The van der Waals surface area contributed by atoms with Crippen LogP contribution < -0.4 is 10.2 Å². The molecule has 0 aliphatic heterocycles. The van der Waals surface area contributed by atoms with Gasteiger partial charge in [-0.2, -0.15) is 0 Å². The number of rotatable bonds is 55. The molecular weight excluding hydrogens is 852 g/mol.